The highest BCUT2D eigenvalue weighted by Crippen LogP contribution is 2.48. The molecule has 0 atom stereocenters. The number of aromatic nitrogens is 6. The van der Waals surface area contributed by atoms with Gasteiger partial charge in [0.25, 0.3) is 70.8 Å². The number of rotatable bonds is 17. The molecule has 0 saturated heterocycles. The molecule has 0 fully saturated rings. The maximum Gasteiger partial charge on any atom is 0.297 e. The molecule has 11 rings (SSSR count). The van der Waals surface area contributed by atoms with Gasteiger partial charge in [-0.1, -0.05) is 48.5 Å². The molecule has 37 nitrogen and oxygen atoms in total. The van der Waals surface area contributed by atoms with Crippen molar-refractivity contribution in [1.82, 2.24) is 29.9 Å². The van der Waals surface area contributed by atoms with Gasteiger partial charge in [0.1, 0.15) is 51.3 Å². The Morgan fingerprint density at radius 1 is 0.410 bits per heavy atom. The molecule has 0 bridgehead atoms. The summed E-state index contributed by atoms with van der Waals surface area (Å²) in [6.07, 6.45) is 0. The molecule has 100 heavy (non-hydrogen) atoms. The van der Waals surface area contributed by atoms with Crippen LogP contribution in [0.1, 0.15) is 5.56 Å². The first-order valence-corrected chi connectivity index (χ1v) is 37.7. The Hall–Kier alpha value is -10.0. The second-order valence-corrected chi connectivity index (χ2v) is 31.1. The lowest BCUT2D eigenvalue weighted by Gasteiger charge is -2.18. The van der Waals surface area contributed by atoms with Crippen LogP contribution in [0.3, 0.4) is 0 Å². The fraction of sp³-hybridized carbons (Fsp3) is 0.0370. The van der Waals surface area contributed by atoms with Crippen molar-refractivity contribution in [2.45, 2.75) is 40.8 Å². The lowest BCUT2D eigenvalue weighted by Crippen LogP contribution is -2.27. The molecule has 0 aliphatic heterocycles. The lowest BCUT2D eigenvalue weighted by molar-refractivity contribution is 0.471. The van der Waals surface area contributed by atoms with Crippen molar-refractivity contribution < 1.29 is 101 Å². The molecular weight excluding hydrogens is 1510 g/mol. The van der Waals surface area contributed by atoms with Crippen molar-refractivity contribution in [2.75, 3.05) is 11.9 Å². The van der Waals surface area contributed by atoms with E-state index in [1.807, 2.05) is 0 Å². The van der Waals surface area contributed by atoms with Crippen LogP contribution in [0.2, 0.25) is 10.6 Å². The summed E-state index contributed by atoms with van der Waals surface area (Å²) in [7, 11) is -35.5. The van der Waals surface area contributed by atoms with Crippen molar-refractivity contribution in [1.29, 1.82) is 0 Å². The minimum absolute atomic E-state index is 0.0468. The number of halogens is 2. The minimum Gasteiger partial charge on any atom is -0.505 e. The van der Waals surface area contributed by atoms with E-state index in [1.54, 1.807) is 12.1 Å². The third kappa shape index (κ3) is 14.8. The number of fused-ring (bicyclic) bond motifs is 4. The van der Waals surface area contributed by atoms with Crippen LogP contribution in [0, 0.1) is 0 Å². The standard InChI is InChI=1S/C54H38Cl2N14O23S7/c1-70(54-63-50(56)62-53(65-54)59-36-17-15-30-33(48(36)100(91,92)93)21-40(96(79,80)81)42(44(30)71)68-66-27-11-12-28-25(20-27)6-3-9-38(28)94(73,74)75)23-24-5-2-7-26(19-24)57-51-60-49(55)61-52(64-51)58-35-16-14-31-34(47(35)99(88,89)90)22-41(97(82,83)84)43(45(31)72)69-67-37-18-13-29-32(46(37)98(85,86)87)8-4-10-39(29)95(76,77)78/h2-22,71-72H,23H2,1H3,(H,73,74,75)(H,76,77,78)(H,79,80,81)(H,82,83,84)(H,85,86,87)(H,88,89,90)(H,91,92,93)(H,59,62,63,65)(H2,57,58,60,61,64). The molecule has 9 aromatic carbocycles. The molecule has 0 amide bonds. The summed E-state index contributed by atoms with van der Waals surface area (Å²) in [6.45, 7) is -0.0468. The number of H-pyrrole nitrogens is 3. The highest BCUT2D eigenvalue weighted by atomic mass is 35.5. The van der Waals surface area contributed by atoms with Gasteiger partial charge in [-0.15, -0.1) is 15.3 Å². The molecule has 518 valence electrons. The van der Waals surface area contributed by atoms with Crippen LogP contribution >= 0.6 is 23.2 Å². The predicted octanol–water partition coefficient (Wildman–Crippen LogP) is 8.08. The van der Waals surface area contributed by atoms with E-state index in [2.05, 4.69) is 65.3 Å². The molecule has 12 N–H and O–H groups in total. The first-order chi connectivity index (χ1) is 46.5. The van der Waals surface area contributed by atoms with Crippen LogP contribution in [0.5, 0.6) is 11.5 Å². The van der Waals surface area contributed by atoms with Crippen molar-refractivity contribution in [3.05, 3.63) is 160 Å². The van der Waals surface area contributed by atoms with E-state index >= 15 is 0 Å². The molecule has 46 heteroatoms. The number of aromatic amines is 3. The fourth-order valence-electron chi connectivity index (χ4n) is 10.2. The average Bonchev–Trinajstić information content (AvgIpc) is 0.751. The van der Waals surface area contributed by atoms with Crippen molar-refractivity contribution in [3.8, 4) is 11.5 Å². The summed E-state index contributed by atoms with van der Waals surface area (Å²) in [5, 5.41) is 33.8. The van der Waals surface area contributed by atoms with E-state index in [1.165, 1.54) is 54.4 Å². The smallest absolute Gasteiger partial charge is 0.297 e. The highest BCUT2D eigenvalue weighted by Gasteiger charge is 2.31. The number of anilines is 1. The van der Waals surface area contributed by atoms with Crippen LogP contribution < -0.4 is 21.8 Å². The lowest BCUT2D eigenvalue weighted by atomic mass is 10.1. The maximum atomic E-state index is 13.2. The number of nitrogens with one attached hydrogen (secondary N) is 3. The third-order valence-electron chi connectivity index (χ3n) is 14.2. The molecule has 2 aromatic heterocycles. The fourth-order valence-corrected chi connectivity index (χ4v) is 15.7. The Morgan fingerprint density at radius 3 is 1.47 bits per heavy atom. The predicted molar refractivity (Wildman–Crippen MR) is 350 cm³/mol. The molecule has 0 aliphatic rings. The van der Waals surface area contributed by atoms with Gasteiger partial charge in [-0.3, -0.25) is 41.8 Å². The normalized spacial score (nSPS) is 13.7. The van der Waals surface area contributed by atoms with Crippen molar-refractivity contribution >= 4 is 183 Å². The van der Waals surface area contributed by atoms with Crippen LogP contribution in [0.25, 0.3) is 43.1 Å². The number of hydrogen-bond acceptors (Lipinski definition) is 27. The van der Waals surface area contributed by atoms with Crippen LogP contribution in [0.15, 0.2) is 197 Å². The van der Waals surface area contributed by atoms with Gasteiger partial charge in [-0.2, -0.15) is 79.0 Å². The summed E-state index contributed by atoms with van der Waals surface area (Å²) in [4.78, 5) is 27.1. The third-order valence-corrected chi connectivity index (χ3v) is 20.9. The first-order valence-electron chi connectivity index (χ1n) is 26.9. The van der Waals surface area contributed by atoms with E-state index in [4.69, 9.17) is 23.2 Å². The number of hydrogen-bond donors (Lipinski definition) is 12. The zero-order valence-corrected chi connectivity index (χ0v) is 56.3. The van der Waals surface area contributed by atoms with E-state index in [-0.39, 0.29) is 40.3 Å². The van der Waals surface area contributed by atoms with Gasteiger partial charge in [0.15, 0.2) is 11.5 Å². The number of azo groups is 2. The van der Waals surface area contributed by atoms with Crippen molar-refractivity contribution in [3.63, 3.8) is 0 Å². The minimum atomic E-state index is -5.61. The topological polar surface area (TPSA) is 597 Å². The first kappa shape index (κ1) is 71.3. The zero-order chi connectivity index (χ0) is 72.7. The second-order valence-electron chi connectivity index (χ2n) is 20.8. The Morgan fingerprint density at radius 2 is 0.900 bits per heavy atom. The molecule has 0 spiro atoms. The number of nitrogens with zero attached hydrogens (tertiary/aromatic N) is 11. The van der Waals surface area contributed by atoms with Crippen LogP contribution in [-0.2, 0) is 77.4 Å². The summed E-state index contributed by atoms with van der Waals surface area (Å²) < 4.78 is 249. The monoisotopic (exact) mass is 1540 g/mol. The average molecular weight is 1550 g/mol. The van der Waals surface area contributed by atoms with Gasteiger partial charge in [0.2, 0.25) is 33.4 Å². The molecule has 0 radical (unpaired) electrons. The number of phenols is 2. The molecule has 0 unspecified atom stereocenters. The van der Waals surface area contributed by atoms with Crippen LogP contribution in [-0.4, -0.2) is 138 Å². The molecule has 2 heterocycles. The number of phenolic OH excluding ortho intramolecular Hbond substituents is 2. The maximum absolute atomic E-state index is 13.2. The Labute approximate surface area is 569 Å². The molecule has 11 aromatic rings. The van der Waals surface area contributed by atoms with Gasteiger partial charge < -0.3 is 20.1 Å². The van der Waals surface area contributed by atoms with Gasteiger partial charge in [-0.25, -0.2) is 15.0 Å². The van der Waals surface area contributed by atoms with Gasteiger partial charge in [0, 0.05) is 51.3 Å². The summed E-state index contributed by atoms with van der Waals surface area (Å²) in [5.41, 5.74) is -4.85. The Balaban J connectivity index is 0.904. The summed E-state index contributed by atoms with van der Waals surface area (Å²) >= 11 is 12.6. The quantitative estimate of drug-likeness (QED) is 0.0302. The van der Waals surface area contributed by atoms with E-state index < -0.39 is 199 Å². The molecular formula is C54H38Cl2N14O23S7. The SMILES string of the molecule is CN(Cc1cccc(N=c2nc(Cl)[nH]c(=Nc3ccc4c(O)c(N=Nc5ccc6c(S(=O)(=O)O)cccc6c5S(=O)(=O)O)c(S(=O)(=O)O)cc4c3S(=O)(=O)O)[nH]2)c1)c1nc(Cl)nc(=Nc2ccc3c(O)c(N=Nc4ccc5c(S(=O)(=O)O)cccc5c4)c(S(=O)(=O)O)cc3c2S(=O)(=O)O)[nH]1. The van der Waals surface area contributed by atoms with E-state index in [0.29, 0.717) is 17.7 Å². The van der Waals surface area contributed by atoms with Gasteiger partial charge in [-0.05, 0) is 113 Å². The Kier molecular flexibility index (Phi) is 18.5. The summed E-state index contributed by atoms with van der Waals surface area (Å²) in [5.74, 6) is -2.39. The number of aromatic hydroxyl groups is 2. The Bertz CT molecular complexity index is 6580. The molecule has 0 aliphatic carbocycles. The van der Waals surface area contributed by atoms with E-state index in [9.17, 15) is 101 Å². The van der Waals surface area contributed by atoms with E-state index in [0.717, 1.165) is 60.7 Å². The molecule has 0 saturated carbocycles. The highest BCUT2D eigenvalue weighted by molar-refractivity contribution is 7.88. The number of benzene rings is 9. The summed E-state index contributed by atoms with van der Waals surface area (Å²) in [6, 6.07) is 23.4. The van der Waals surface area contributed by atoms with Crippen molar-refractivity contribution in [2.24, 2.45) is 35.4 Å². The van der Waals surface area contributed by atoms with Gasteiger partial charge in [0.05, 0.1) is 22.7 Å². The van der Waals surface area contributed by atoms with Gasteiger partial charge >= 0.3 is 0 Å². The second kappa shape index (κ2) is 25.9. The zero-order valence-electron chi connectivity index (χ0n) is 49.1. The largest absolute Gasteiger partial charge is 0.505 e. The van der Waals surface area contributed by atoms with Crippen LogP contribution in [0.4, 0.5) is 45.8 Å².